The SMILES string of the molecule is C[C@@]12CCNC[C@]1(O)CN(c1ccc(C(=O)O)cc1)C2=O. The van der Waals surface area contributed by atoms with Crippen molar-refractivity contribution in [3.05, 3.63) is 29.8 Å². The fraction of sp³-hybridized carbons (Fsp3) is 0.467. The molecule has 6 nitrogen and oxygen atoms in total. The largest absolute Gasteiger partial charge is 0.478 e. The van der Waals surface area contributed by atoms with Crippen LogP contribution in [0.5, 0.6) is 0 Å². The molecule has 2 saturated heterocycles. The molecule has 0 saturated carbocycles. The number of piperidine rings is 1. The monoisotopic (exact) mass is 290 g/mol. The molecule has 1 aromatic rings. The summed E-state index contributed by atoms with van der Waals surface area (Å²) >= 11 is 0. The number of carboxylic acid groups (broad SMARTS) is 1. The van der Waals surface area contributed by atoms with Crippen molar-refractivity contribution in [1.29, 1.82) is 0 Å². The van der Waals surface area contributed by atoms with Gasteiger partial charge in [0.2, 0.25) is 5.91 Å². The number of nitrogens with one attached hydrogen (secondary N) is 1. The van der Waals surface area contributed by atoms with E-state index >= 15 is 0 Å². The highest BCUT2D eigenvalue weighted by molar-refractivity contribution is 6.02. The predicted molar refractivity (Wildman–Crippen MR) is 76.3 cm³/mol. The second-order valence-electron chi connectivity index (χ2n) is 6.03. The third-order valence-electron chi connectivity index (χ3n) is 4.81. The zero-order chi connectivity index (χ0) is 15.3. The van der Waals surface area contributed by atoms with Gasteiger partial charge >= 0.3 is 5.97 Å². The Morgan fingerprint density at radius 2 is 2.00 bits per heavy atom. The Labute approximate surface area is 122 Å². The number of carbonyl (C=O) groups is 2. The first-order chi connectivity index (χ1) is 9.87. The minimum Gasteiger partial charge on any atom is -0.478 e. The lowest BCUT2D eigenvalue weighted by Crippen LogP contribution is -2.58. The standard InChI is InChI=1S/C15H18N2O4/c1-14-6-7-16-8-15(14,21)9-17(13(14)20)11-4-2-10(3-5-11)12(18)19/h2-5,16,21H,6-9H2,1H3,(H,18,19)/t14-,15-/m0/s1. The van der Waals surface area contributed by atoms with E-state index in [1.165, 1.54) is 12.1 Å². The molecule has 3 rings (SSSR count). The molecule has 0 aliphatic carbocycles. The minimum absolute atomic E-state index is 0.102. The van der Waals surface area contributed by atoms with Gasteiger partial charge in [-0.2, -0.15) is 0 Å². The van der Waals surface area contributed by atoms with Crippen molar-refractivity contribution >= 4 is 17.6 Å². The summed E-state index contributed by atoms with van der Waals surface area (Å²) in [6.45, 7) is 3.12. The lowest BCUT2D eigenvalue weighted by atomic mass is 9.71. The van der Waals surface area contributed by atoms with Crippen LogP contribution in [-0.2, 0) is 4.79 Å². The molecule has 0 bridgehead atoms. The highest BCUT2D eigenvalue weighted by Gasteiger charge is 2.61. The zero-order valence-corrected chi connectivity index (χ0v) is 11.8. The number of nitrogens with zero attached hydrogens (tertiary/aromatic N) is 1. The Morgan fingerprint density at radius 3 is 2.57 bits per heavy atom. The number of aromatic carboxylic acids is 1. The number of anilines is 1. The maximum absolute atomic E-state index is 12.7. The summed E-state index contributed by atoms with van der Waals surface area (Å²) in [5.41, 5.74) is -1.08. The zero-order valence-electron chi connectivity index (χ0n) is 11.8. The minimum atomic E-state index is -1.09. The van der Waals surface area contributed by atoms with Gasteiger partial charge < -0.3 is 20.4 Å². The molecule has 0 spiro atoms. The summed E-state index contributed by atoms with van der Waals surface area (Å²) in [5.74, 6) is -1.10. The number of amides is 1. The summed E-state index contributed by atoms with van der Waals surface area (Å²) in [6.07, 6.45) is 0.589. The first-order valence-corrected chi connectivity index (χ1v) is 6.96. The molecular formula is C15H18N2O4. The van der Waals surface area contributed by atoms with Crippen molar-refractivity contribution < 1.29 is 19.8 Å². The number of rotatable bonds is 2. The van der Waals surface area contributed by atoms with Crippen LogP contribution in [0.3, 0.4) is 0 Å². The lowest BCUT2D eigenvalue weighted by molar-refractivity contribution is -0.137. The van der Waals surface area contributed by atoms with E-state index < -0.39 is 17.0 Å². The molecule has 0 aromatic heterocycles. The highest BCUT2D eigenvalue weighted by atomic mass is 16.4. The van der Waals surface area contributed by atoms with Gasteiger partial charge in [-0.25, -0.2) is 4.79 Å². The van der Waals surface area contributed by atoms with Gasteiger partial charge in [-0.05, 0) is 44.2 Å². The number of benzene rings is 1. The van der Waals surface area contributed by atoms with E-state index in [1.807, 2.05) is 6.92 Å². The van der Waals surface area contributed by atoms with E-state index in [0.29, 0.717) is 25.2 Å². The van der Waals surface area contributed by atoms with Gasteiger partial charge in [0, 0.05) is 12.2 Å². The Hall–Kier alpha value is -1.92. The van der Waals surface area contributed by atoms with Gasteiger partial charge in [-0.1, -0.05) is 0 Å². The molecule has 2 fully saturated rings. The van der Waals surface area contributed by atoms with E-state index in [0.717, 1.165) is 0 Å². The predicted octanol–water partition coefficient (Wildman–Crippen LogP) is 0.462. The van der Waals surface area contributed by atoms with Crippen LogP contribution in [0.1, 0.15) is 23.7 Å². The summed E-state index contributed by atoms with van der Waals surface area (Å²) in [6, 6.07) is 6.16. The van der Waals surface area contributed by atoms with Crippen LogP contribution in [0.25, 0.3) is 0 Å². The summed E-state index contributed by atoms with van der Waals surface area (Å²) in [4.78, 5) is 25.1. The highest BCUT2D eigenvalue weighted by Crippen LogP contribution is 2.45. The molecule has 2 aliphatic rings. The van der Waals surface area contributed by atoms with Crippen molar-refractivity contribution in [2.75, 3.05) is 24.5 Å². The topological polar surface area (TPSA) is 89.9 Å². The fourth-order valence-electron chi connectivity index (χ4n) is 3.22. The molecule has 21 heavy (non-hydrogen) atoms. The van der Waals surface area contributed by atoms with E-state index in [2.05, 4.69) is 5.32 Å². The quantitative estimate of drug-likeness (QED) is 0.736. The Bertz CT molecular complexity index is 600. The maximum Gasteiger partial charge on any atom is 0.335 e. The summed E-state index contributed by atoms with van der Waals surface area (Å²) in [5, 5.41) is 22.8. The van der Waals surface area contributed by atoms with Crippen LogP contribution < -0.4 is 10.2 Å². The Balaban J connectivity index is 1.93. The molecule has 3 N–H and O–H groups in total. The van der Waals surface area contributed by atoms with Crippen LogP contribution in [0, 0.1) is 5.41 Å². The molecule has 6 heteroatoms. The van der Waals surface area contributed by atoms with E-state index in [9.17, 15) is 14.7 Å². The van der Waals surface area contributed by atoms with Gasteiger partial charge in [0.25, 0.3) is 0 Å². The van der Waals surface area contributed by atoms with Crippen molar-refractivity contribution in [3.63, 3.8) is 0 Å². The fourth-order valence-corrected chi connectivity index (χ4v) is 3.22. The van der Waals surface area contributed by atoms with Gasteiger partial charge in [-0.3, -0.25) is 4.79 Å². The van der Waals surface area contributed by atoms with Crippen molar-refractivity contribution in [2.45, 2.75) is 18.9 Å². The third kappa shape index (κ3) is 1.94. The molecule has 0 unspecified atom stereocenters. The van der Waals surface area contributed by atoms with E-state index in [4.69, 9.17) is 5.11 Å². The number of carboxylic acids is 1. The molecular weight excluding hydrogens is 272 g/mol. The van der Waals surface area contributed by atoms with Crippen molar-refractivity contribution in [2.24, 2.45) is 5.41 Å². The molecule has 2 heterocycles. The Kier molecular flexibility index (Phi) is 3.04. The number of fused-ring (bicyclic) bond motifs is 1. The molecule has 1 aromatic carbocycles. The number of carbonyl (C=O) groups excluding carboxylic acids is 1. The second-order valence-corrected chi connectivity index (χ2v) is 6.03. The normalized spacial score (nSPS) is 32.1. The van der Waals surface area contributed by atoms with Crippen LogP contribution in [0.2, 0.25) is 0 Å². The average Bonchev–Trinajstić information content (AvgIpc) is 2.68. The Morgan fingerprint density at radius 1 is 1.33 bits per heavy atom. The number of aliphatic hydroxyl groups is 1. The van der Waals surface area contributed by atoms with Crippen molar-refractivity contribution in [3.8, 4) is 0 Å². The van der Waals surface area contributed by atoms with Gasteiger partial charge in [0.1, 0.15) is 5.60 Å². The second kappa shape index (κ2) is 4.54. The molecule has 112 valence electrons. The van der Waals surface area contributed by atoms with Crippen LogP contribution in [-0.4, -0.2) is 47.3 Å². The maximum atomic E-state index is 12.7. The van der Waals surface area contributed by atoms with Gasteiger partial charge in [0.05, 0.1) is 17.5 Å². The van der Waals surface area contributed by atoms with Crippen LogP contribution in [0.4, 0.5) is 5.69 Å². The summed E-state index contributed by atoms with van der Waals surface area (Å²) < 4.78 is 0. The first kappa shape index (κ1) is 14.0. The first-order valence-electron chi connectivity index (χ1n) is 6.96. The van der Waals surface area contributed by atoms with E-state index in [1.54, 1.807) is 17.0 Å². The van der Waals surface area contributed by atoms with E-state index in [-0.39, 0.29) is 18.0 Å². The molecule has 2 aliphatic heterocycles. The lowest BCUT2D eigenvalue weighted by Gasteiger charge is -2.40. The third-order valence-corrected chi connectivity index (χ3v) is 4.81. The molecule has 2 atom stereocenters. The van der Waals surface area contributed by atoms with Crippen molar-refractivity contribution in [1.82, 2.24) is 5.32 Å². The summed E-state index contributed by atoms with van der Waals surface area (Å²) in [7, 11) is 0. The average molecular weight is 290 g/mol. The molecule has 1 amide bonds. The molecule has 0 radical (unpaired) electrons. The number of hydrogen-bond acceptors (Lipinski definition) is 4. The van der Waals surface area contributed by atoms with Gasteiger partial charge in [0.15, 0.2) is 0 Å². The number of hydrogen-bond donors (Lipinski definition) is 3. The van der Waals surface area contributed by atoms with Gasteiger partial charge in [-0.15, -0.1) is 0 Å². The van der Waals surface area contributed by atoms with Crippen LogP contribution in [0.15, 0.2) is 24.3 Å². The van der Waals surface area contributed by atoms with Crippen LogP contribution >= 0.6 is 0 Å². The smallest absolute Gasteiger partial charge is 0.335 e. The number of β-amino-alcohol motifs (C(OH)–C–C–N with tert-alkyl or cyclic N) is 1.